The lowest BCUT2D eigenvalue weighted by molar-refractivity contribution is 0.0422. The Morgan fingerprint density at radius 2 is 2.04 bits per heavy atom. The predicted octanol–water partition coefficient (Wildman–Crippen LogP) is 4.29. The molecule has 5 heteroatoms. The average Bonchev–Trinajstić information content (AvgIpc) is 3.20. The number of carbonyl (C=O) groups is 1. The molecule has 144 valence electrons. The number of aromatic nitrogens is 2. The Bertz CT molecular complexity index is 1110. The minimum absolute atomic E-state index is 0.294. The summed E-state index contributed by atoms with van der Waals surface area (Å²) in [7, 11) is 0. The van der Waals surface area contributed by atoms with E-state index in [1.807, 2.05) is 31.4 Å². The van der Waals surface area contributed by atoms with E-state index in [-0.39, 0.29) is 11.6 Å². The molecule has 1 aliphatic carbocycles. The Morgan fingerprint density at radius 3 is 2.86 bits per heavy atom. The highest BCUT2D eigenvalue weighted by atomic mass is 16.5. The molecule has 1 spiro atoms. The van der Waals surface area contributed by atoms with Crippen molar-refractivity contribution in [1.29, 1.82) is 0 Å². The Labute approximate surface area is 164 Å². The van der Waals surface area contributed by atoms with Crippen LogP contribution in [0.3, 0.4) is 0 Å². The van der Waals surface area contributed by atoms with Crippen LogP contribution < -0.4 is 4.74 Å². The van der Waals surface area contributed by atoms with Gasteiger partial charge in [-0.15, -0.1) is 0 Å². The molecule has 3 heterocycles. The topological polar surface area (TPSA) is 52.8 Å². The van der Waals surface area contributed by atoms with Crippen LogP contribution in [0.15, 0.2) is 30.5 Å². The van der Waals surface area contributed by atoms with Gasteiger partial charge in [-0.25, -0.2) is 9.78 Å². The van der Waals surface area contributed by atoms with Crippen LogP contribution in [0.2, 0.25) is 0 Å². The van der Waals surface area contributed by atoms with Gasteiger partial charge in [-0.3, -0.25) is 0 Å². The fraction of sp³-hybridized carbons (Fsp3) is 0.391. The number of ether oxygens (including phenoxy) is 2. The van der Waals surface area contributed by atoms with E-state index in [0.29, 0.717) is 12.2 Å². The summed E-state index contributed by atoms with van der Waals surface area (Å²) in [6.07, 6.45) is 5.48. The molecule has 2 aromatic heterocycles. The lowest BCUT2D eigenvalue weighted by atomic mass is 9.85. The molecule has 5 nitrogen and oxygen atoms in total. The minimum atomic E-state index is -0.328. The number of hydrogen-bond donors (Lipinski definition) is 0. The fourth-order valence-electron chi connectivity index (χ4n) is 4.74. The predicted molar refractivity (Wildman–Crippen MR) is 106 cm³/mol. The molecule has 0 radical (unpaired) electrons. The standard InChI is InChI=1S/C23H24N2O3/c1-4-27-22(26)18-13-25-15(3)14(2)24-21(25)20-17(18)10-12-23(28-20)11-9-16-7-5-6-8-19(16)23/h5-8,13H,4,9-12H2,1-3H3. The zero-order chi connectivity index (χ0) is 19.5. The molecule has 1 aliphatic heterocycles. The molecule has 28 heavy (non-hydrogen) atoms. The summed E-state index contributed by atoms with van der Waals surface area (Å²) in [6.45, 7) is 6.19. The molecule has 0 saturated carbocycles. The summed E-state index contributed by atoms with van der Waals surface area (Å²) in [4.78, 5) is 17.4. The first kappa shape index (κ1) is 17.3. The van der Waals surface area contributed by atoms with Crippen LogP contribution in [0.5, 0.6) is 5.75 Å². The Kier molecular flexibility index (Phi) is 3.76. The van der Waals surface area contributed by atoms with Crippen molar-refractivity contribution in [3.05, 3.63) is 64.1 Å². The van der Waals surface area contributed by atoms with Gasteiger partial charge in [0.1, 0.15) is 5.60 Å². The third-order valence-electron chi connectivity index (χ3n) is 6.33. The number of carbonyl (C=O) groups excluding carboxylic acids is 1. The summed E-state index contributed by atoms with van der Waals surface area (Å²) in [6, 6.07) is 8.55. The SMILES string of the molecule is CCOC(=O)c1cn2c(C)c(C)nc2c2c1CCC1(CCc3ccccc31)O2. The van der Waals surface area contributed by atoms with Gasteiger partial charge < -0.3 is 13.9 Å². The third-order valence-corrected chi connectivity index (χ3v) is 6.33. The number of pyridine rings is 1. The van der Waals surface area contributed by atoms with Crippen molar-refractivity contribution < 1.29 is 14.3 Å². The van der Waals surface area contributed by atoms with Crippen molar-refractivity contribution in [1.82, 2.24) is 9.38 Å². The number of imidazole rings is 1. The highest BCUT2D eigenvalue weighted by molar-refractivity contribution is 5.93. The van der Waals surface area contributed by atoms with Crippen LogP contribution >= 0.6 is 0 Å². The number of nitrogens with zero attached hydrogens (tertiary/aromatic N) is 2. The van der Waals surface area contributed by atoms with E-state index in [9.17, 15) is 4.79 Å². The van der Waals surface area contributed by atoms with Crippen LogP contribution in [0, 0.1) is 13.8 Å². The van der Waals surface area contributed by atoms with E-state index in [4.69, 9.17) is 14.5 Å². The van der Waals surface area contributed by atoms with Crippen LogP contribution in [-0.4, -0.2) is 22.0 Å². The Morgan fingerprint density at radius 1 is 1.25 bits per heavy atom. The van der Waals surface area contributed by atoms with Gasteiger partial charge in [0.05, 0.1) is 17.9 Å². The van der Waals surface area contributed by atoms with Crippen LogP contribution in [0.4, 0.5) is 0 Å². The molecular weight excluding hydrogens is 352 g/mol. The molecule has 5 rings (SSSR count). The van der Waals surface area contributed by atoms with E-state index >= 15 is 0 Å². The van der Waals surface area contributed by atoms with Crippen molar-refractivity contribution in [2.75, 3.05) is 6.61 Å². The lowest BCUT2D eigenvalue weighted by Crippen LogP contribution is -2.35. The zero-order valence-electron chi connectivity index (χ0n) is 16.5. The van der Waals surface area contributed by atoms with Gasteiger partial charge in [0.25, 0.3) is 0 Å². The molecule has 0 amide bonds. The quantitative estimate of drug-likeness (QED) is 0.626. The number of benzene rings is 1. The first-order valence-corrected chi connectivity index (χ1v) is 10.00. The summed E-state index contributed by atoms with van der Waals surface area (Å²) >= 11 is 0. The Balaban J connectivity index is 1.72. The normalized spacial score (nSPS) is 20.1. The average molecular weight is 376 g/mol. The van der Waals surface area contributed by atoms with Gasteiger partial charge in [0.2, 0.25) is 0 Å². The van der Waals surface area contributed by atoms with Gasteiger partial charge >= 0.3 is 5.97 Å². The Hall–Kier alpha value is -2.82. The number of esters is 1. The largest absolute Gasteiger partial charge is 0.478 e. The van der Waals surface area contributed by atoms with Crippen LogP contribution in [0.25, 0.3) is 5.65 Å². The van der Waals surface area contributed by atoms with Crippen LogP contribution in [-0.2, 0) is 23.2 Å². The molecule has 0 bridgehead atoms. The maximum atomic E-state index is 12.7. The number of aryl methyl sites for hydroxylation is 3. The molecule has 1 atom stereocenters. The minimum Gasteiger partial charge on any atom is -0.478 e. The molecule has 2 aliphatic rings. The first-order valence-electron chi connectivity index (χ1n) is 10.00. The van der Waals surface area contributed by atoms with Crippen molar-refractivity contribution in [3.8, 4) is 5.75 Å². The summed E-state index contributed by atoms with van der Waals surface area (Å²) in [5.74, 6) is 0.447. The van der Waals surface area contributed by atoms with Gasteiger partial charge in [0, 0.05) is 17.5 Å². The van der Waals surface area contributed by atoms with Gasteiger partial charge in [-0.1, -0.05) is 24.3 Å². The molecule has 0 fully saturated rings. The molecule has 1 aromatic carbocycles. The molecule has 1 unspecified atom stereocenters. The summed E-state index contributed by atoms with van der Waals surface area (Å²) in [5, 5.41) is 0. The molecular formula is C23H24N2O3. The maximum absolute atomic E-state index is 12.7. The van der Waals surface area contributed by atoms with E-state index in [1.165, 1.54) is 11.1 Å². The van der Waals surface area contributed by atoms with E-state index < -0.39 is 0 Å². The second-order valence-electron chi connectivity index (χ2n) is 7.80. The van der Waals surface area contributed by atoms with Crippen molar-refractivity contribution in [2.24, 2.45) is 0 Å². The van der Waals surface area contributed by atoms with Crippen LogP contribution in [0.1, 0.15) is 58.2 Å². The molecule has 3 aromatic rings. The van der Waals surface area contributed by atoms with Crippen molar-refractivity contribution in [3.63, 3.8) is 0 Å². The number of hydrogen-bond acceptors (Lipinski definition) is 4. The maximum Gasteiger partial charge on any atom is 0.340 e. The summed E-state index contributed by atoms with van der Waals surface area (Å²) in [5.41, 5.74) is 6.57. The second-order valence-corrected chi connectivity index (χ2v) is 7.80. The molecule has 0 N–H and O–H groups in total. The summed E-state index contributed by atoms with van der Waals surface area (Å²) < 4.78 is 14.1. The highest BCUT2D eigenvalue weighted by Crippen LogP contribution is 2.49. The van der Waals surface area contributed by atoms with Crippen molar-refractivity contribution >= 4 is 11.6 Å². The number of fused-ring (bicyclic) bond motifs is 5. The highest BCUT2D eigenvalue weighted by Gasteiger charge is 2.45. The smallest absolute Gasteiger partial charge is 0.340 e. The van der Waals surface area contributed by atoms with E-state index in [0.717, 1.165) is 54.0 Å². The fourth-order valence-corrected chi connectivity index (χ4v) is 4.74. The zero-order valence-corrected chi connectivity index (χ0v) is 16.5. The third kappa shape index (κ3) is 2.32. The van der Waals surface area contributed by atoms with Gasteiger partial charge in [0.15, 0.2) is 11.4 Å². The lowest BCUT2D eigenvalue weighted by Gasteiger charge is -2.37. The first-order chi connectivity index (χ1) is 13.5. The van der Waals surface area contributed by atoms with E-state index in [1.54, 1.807) is 0 Å². The van der Waals surface area contributed by atoms with E-state index in [2.05, 4.69) is 24.3 Å². The van der Waals surface area contributed by atoms with Gasteiger partial charge in [-0.2, -0.15) is 0 Å². The second kappa shape index (κ2) is 6.09. The molecule has 0 saturated heterocycles. The monoisotopic (exact) mass is 376 g/mol. The van der Waals surface area contributed by atoms with Gasteiger partial charge in [-0.05, 0) is 57.6 Å². The number of rotatable bonds is 2. The van der Waals surface area contributed by atoms with Crippen molar-refractivity contribution in [2.45, 2.75) is 52.1 Å².